The second-order valence-corrected chi connectivity index (χ2v) is 4.29. The van der Waals surface area contributed by atoms with Gasteiger partial charge in [0.2, 0.25) is 0 Å². The molecule has 0 aliphatic carbocycles. The molecule has 5 unspecified atom stereocenters. The Morgan fingerprint density at radius 1 is 0.895 bits per heavy atom. The van der Waals surface area contributed by atoms with Crippen LogP contribution in [0.3, 0.4) is 0 Å². The van der Waals surface area contributed by atoms with E-state index in [9.17, 15) is 9.59 Å². The van der Waals surface area contributed by atoms with Gasteiger partial charge in [-0.2, -0.15) is 0 Å². The molecule has 110 valence electrons. The van der Waals surface area contributed by atoms with Gasteiger partial charge in [-0.05, 0) is 6.92 Å². The number of esters is 2. The van der Waals surface area contributed by atoms with Gasteiger partial charge in [-0.15, -0.1) is 0 Å². The van der Waals surface area contributed by atoms with Crippen molar-refractivity contribution in [2.24, 2.45) is 0 Å². The van der Waals surface area contributed by atoms with Crippen LogP contribution >= 0.6 is 0 Å². The zero-order valence-electron chi connectivity index (χ0n) is 11.7. The Hall–Kier alpha value is -1.18. The molecule has 0 amide bonds. The minimum atomic E-state index is -0.798. The Bertz CT molecular complexity index is 330. The fraction of sp³-hybridized carbons (Fsp3) is 0.833. The molecular weight excluding hydrogens is 256 g/mol. The van der Waals surface area contributed by atoms with Gasteiger partial charge in [-0.25, -0.2) is 0 Å². The molecule has 0 bridgehead atoms. The summed E-state index contributed by atoms with van der Waals surface area (Å²) in [7, 11) is 2.88. The van der Waals surface area contributed by atoms with Crippen molar-refractivity contribution in [3.05, 3.63) is 0 Å². The smallest absolute Gasteiger partial charge is 0.303 e. The van der Waals surface area contributed by atoms with Gasteiger partial charge >= 0.3 is 11.9 Å². The monoisotopic (exact) mass is 276 g/mol. The van der Waals surface area contributed by atoms with Crippen molar-refractivity contribution in [2.45, 2.75) is 51.5 Å². The summed E-state index contributed by atoms with van der Waals surface area (Å²) in [6.45, 7) is 4.30. The lowest BCUT2D eigenvalue weighted by molar-refractivity contribution is -0.296. The minimum Gasteiger partial charge on any atom is -0.457 e. The lowest BCUT2D eigenvalue weighted by Crippen LogP contribution is -2.60. The molecule has 1 heterocycles. The van der Waals surface area contributed by atoms with Crippen LogP contribution < -0.4 is 0 Å². The van der Waals surface area contributed by atoms with Crippen LogP contribution in [0.2, 0.25) is 0 Å². The first-order valence-corrected chi connectivity index (χ1v) is 5.96. The van der Waals surface area contributed by atoms with Gasteiger partial charge in [0.15, 0.2) is 18.5 Å². The molecule has 7 nitrogen and oxygen atoms in total. The van der Waals surface area contributed by atoms with Crippen LogP contribution in [0.15, 0.2) is 0 Å². The normalized spacial score (nSPS) is 34.7. The van der Waals surface area contributed by atoms with E-state index >= 15 is 0 Å². The quantitative estimate of drug-likeness (QED) is 0.681. The molecule has 0 aromatic heterocycles. The second kappa shape index (κ2) is 6.83. The molecular formula is C12H20O7. The largest absolute Gasteiger partial charge is 0.457 e. The molecule has 1 rings (SSSR count). The lowest BCUT2D eigenvalue weighted by Gasteiger charge is -2.43. The third-order valence-electron chi connectivity index (χ3n) is 2.84. The molecule has 19 heavy (non-hydrogen) atoms. The Morgan fingerprint density at radius 3 is 1.84 bits per heavy atom. The van der Waals surface area contributed by atoms with E-state index in [1.54, 1.807) is 6.92 Å². The average molecular weight is 276 g/mol. The predicted molar refractivity (Wildman–Crippen MR) is 63.2 cm³/mol. The van der Waals surface area contributed by atoms with Crippen molar-refractivity contribution in [2.75, 3.05) is 14.2 Å². The SMILES string of the molecule is COC1OC(C)C(OC(C)=O)C(OC)C1OC(C)=O. The number of hydrogen-bond donors (Lipinski definition) is 0. The summed E-state index contributed by atoms with van der Waals surface area (Å²) in [4.78, 5) is 22.3. The first-order chi connectivity index (χ1) is 8.90. The molecule has 7 heteroatoms. The van der Waals surface area contributed by atoms with E-state index < -0.39 is 42.6 Å². The van der Waals surface area contributed by atoms with Crippen LogP contribution in [-0.2, 0) is 33.3 Å². The molecule has 1 aliphatic heterocycles. The summed E-state index contributed by atoms with van der Waals surface area (Å²) < 4.78 is 26.3. The topological polar surface area (TPSA) is 80.3 Å². The Morgan fingerprint density at radius 2 is 1.42 bits per heavy atom. The molecule has 0 N–H and O–H groups in total. The summed E-state index contributed by atoms with van der Waals surface area (Å²) in [5.41, 5.74) is 0. The van der Waals surface area contributed by atoms with Crippen molar-refractivity contribution < 1.29 is 33.3 Å². The first-order valence-electron chi connectivity index (χ1n) is 5.96. The van der Waals surface area contributed by atoms with Gasteiger partial charge in [0.05, 0.1) is 6.10 Å². The van der Waals surface area contributed by atoms with E-state index in [0.717, 1.165) is 0 Å². The van der Waals surface area contributed by atoms with Crippen molar-refractivity contribution in [3.63, 3.8) is 0 Å². The standard InChI is InChI=1S/C12H20O7/c1-6-9(18-7(2)13)10(15-4)11(19-8(3)14)12(16-5)17-6/h6,9-12H,1-5H3. The Balaban J connectivity index is 2.94. The fourth-order valence-electron chi connectivity index (χ4n) is 2.10. The van der Waals surface area contributed by atoms with Crippen molar-refractivity contribution >= 4 is 11.9 Å². The number of hydrogen-bond acceptors (Lipinski definition) is 7. The van der Waals surface area contributed by atoms with Crippen LogP contribution in [0.1, 0.15) is 20.8 Å². The van der Waals surface area contributed by atoms with Crippen LogP contribution in [0.5, 0.6) is 0 Å². The van der Waals surface area contributed by atoms with E-state index in [1.165, 1.54) is 28.1 Å². The second-order valence-electron chi connectivity index (χ2n) is 4.29. The van der Waals surface area contributed by atoms with Crippen LogP contribution in [-0.4, -0.2) is 56.9 Å². The first kappa shape index (κ1) is 15.9. The van der Waals surface area contributed by atoms with Crippen molar-refractivity contribution in [1.82, 2.24) is 0 Å². The summed E-state index contributed by atoms with van der Waals surface area (Å²) in [6.07, 6.45) is -3.32. The molecule has 1 saturated heterocycles. The summed E-state index contributed by atoms with van der Waals surface area (Å²) in [5.74, 6) is -0.950. The number of methoxy groups -OCH3 is 2. The maximum absolute atomic E-state index is 11.1. The molecule has 0 aromatic carbocycles. The van der Waals surface area contributed by atoms with Gasteiger partial charge in [0, 0.05) is 28.1 Å². The maximum Gasteiger partial charge on any atom is 0.303 e. The lowest BCUT2D eigenvalue weighted by atomic mass is 9.99. The maximum atomic E-state index is 11.1. The van der Waals surface area contributed by atoms with Gasteiger partial charge in [-0.1, -0.05) is 0 Å². The average Bonchev–Trinajstić information content (AvgIpc) is 2.32. The van der Waals surface area contributed by atoms with Crippen LogP contribution in [0, 0.1) is 0 Å². The molecule has 1 fully saturated rings. The van der Waals surface area contributed by atoms with Crippen molar-refractivity contribution in [1.29, 1.82) is 0 Å². The summed E-state index contributed by atoms with van der Waals surface area (Å²) >= 11 is 0. The highest BCUT2D eigenvalue weighted by atomic mass is 16.7. The van der Waals surface area contributed by atoms with Crippen LogP contribution in [0.4, 0.5) is 0 Å². The molecule has 1 aliphatic rings. The van der Waals surface area contributed by atoms with E-state index in [2.05, 4.69) is 0 Å². The number of carbonyl (C=O) groups excluding carboxylic acids is 2. The van der Waals surface area contributed by atoms with E-state index in [4.69, 9.17) is 23.7 Å². The highest BCUT2D eigenvalue weighted by Gasteiger charge is 2.48. The summed E-state index contributed by atoms with van der Waals surface area (Å²) in [5, 5.41) is 0. The molecule has 0 radical (unpaired) electrons. The zero-order valence-corrected chi connectivity index (χ0v) is 11.7. The number of ether oxygens (including phenoxy) is 5. The molecule has 5 atom stereocenters. The van der Waals surface area contributed by atoms with Gasteiger partial charge in [0.1, 0.15) is 6.10 Å². The van der Waals surface area contributed by atoms with E-state index in [0.29, 0.717) is 0 Å². The predicted octanol–water partition coefficient (Wildman–Crippen LogP) is 0.256. The van der Waals surface area contributed by atoms with Crippen molar-refractivity contribution in [3.8, 4) is 0 Å². The highest BCUT2D eigenvalue weighted by Crippen LogP contribution is 2.28. The summed E-state index contributed by atoms with van der Waals surface area (Å²) in [6, 6.07) is 0. The van der Waals surface area contributed by atoms with Crippen LogP contribution in [0.25, 0.3) is 0 Å². The van der Waals surface area contributed by atoms with Gasteiger partial charge in [-0.3, -0.25) is 9.59 Å². The zero-order chi connectivity index (χ0) is 14.6. The Kier molecular flexibility index (Phi) is 5.71. The van der Waals surface area contributed by atoms with Gasteiger partial charge in [0.25, 0.3) is 0 Å². The minimum absolute atomic E-state index is 0.439. The molecule has 0 spiro atoms. The Labute approximate surface area is 112 Å². The fourth-order valence-corrected chi connectivity index (χ4v) is 2.10. The molecule has 0 aromatic rings. The van der Waals surface area contributed by atoms with E-state index in [-0.39, 0.29) is 0 Å². The third-order valence-corrected chi connectivity index (χ3v) is 2.84. The van der Waals surface area contributed by atoms with E-state index in [1.807, 2.05) is 0 Å². The highest BCUT2D eigenvalue weighted by molar-refractivity contribution is 5.67. The number of carbonyl (C=O) groups is 2. The number of rotatable bonds is 4. The van der Waals surface area contributed by atoms with Gasteiger partial charge < -0.3 is 23.7 Å². The third kappa shape index (κ3) is 3.89. The molecule has 0 saturated carbocycles.